The van der Waals surface area contributed by atoms with Gasteiger partial charge in [0.2, 0.25) is 0 Å². The Bertz CT molecular complexity index is 114. The van der Waals surface area contributed by atoms with E-state index < -0.39 is 0 Å². The fraction of sp³-hybridized carbons (Fsp3) is 0. The number of rotatable bonds is 0. The molecule has 0 N–H and O–H groups in total. The van der Waals surface area contributed by atoms with Crippen LogP contribution in [0, 0.1) is 6.92 Å². The summed E-state index contributed by atoms with van der Waals surface area (Å²) in [6, 6.07) is 3.61. The van der Waals surface area contributed by atoms with Gasteiger partial charge in [-0.1, -0.05) is 0 Å². The molecule has 0 unspecified atom stereocenters. The summed E-state index contributed by atoms with van der Waals surface area (Å²) in [6.07, 6.45) is 1.60. The van der Waals surface area contributed by atoms with Gasteiger partial charge >= 0.3 is 0 Å². The Morgan fingerprint density at radius 1 is 1.50 bits per heavy atom. The molecular formula is C5H7OS2. The number of hydrogen-bond donors (Lipinski definition) is 2. The predicted octanol–water partition coefficient (Wildman–Crippen LogP) is 2.22. The van der Waals surface area contributed by atoms with Crippen molar-refractivity contribution in [3.63, 3.8) is 0 Å². The largest absolute Gasteiger partial charge is 0.469 e. The van der Waals surface area contributed by atoms with Crippen LogP contribution < -0.4 is 0 Å². The number of hydrogen-bond acceptors (Lipinski definition) is 3. The molecule has 1 rings (SSSR count). The van der Waals surface area contributed by atoms with Crippen LogP contribution in [0.5, 0.6) is 0 Å². The van der Waals surface area contributed by atoms with Crippen LogP contribution in [0.4, 0.5) is 0 Å². The molecule has 8 heavy (non-hydrogen) atoms. The molecule has 1 aromatic rings. The zero-order valence-electron chi connectivity index (χ0n) is 4.24. The van der Waals surface area contributed by atoms with E-state index in [0.717, 1.165) is 5.76 Å². The van der Waals surface area contributed by atoms with Crippen molar-refractivity contribution in [2.75, 3.05) is 0 Å². The lowest BCUT2D eigenvalue weighted by molar-refractivity contribution is 0.549. The Kier molecular flexibility index (Phi) is 5.11. The Labute approximate surface area is 59.3 Å². The maximum absolute atomic E-state index is 4.72. The second-order valence-corrected chi connectivity index (χ2v) is 1.08. The molecule has 0 aromatic carbocycles. The molecule has 45 valence electrons. The third-order valence-electron chi connectivity index (χ3n) is 0.580. The third kappa shape index (κ3) is 3.04. The molecule has 0 fully saturated rings. The molecule has 1 radical (unpaired) electrons. The van der Waals surface area contributed by atoms with Crippen LogP contribution in [0.2, 0.25) is 0 Å². The molecule has 1 nitrogen and oxygen atoms in total. The average Bonchev–Trinajstić information content (AvgIpc) is 2.24. The summed E-state index contributed by atoms with van der Waals surface area (Å²) in [5, 5.41) is 0. The minimum Gasteiger partial charge on any atom is -0.469 e. The van der Waals surface area contributed by atoms with Crippen molar-refractivity contribution in [2.24, 2.45) is 0 Å². The molecular weight excluding hydrogens is 140 g/mol. The maximum atomic E-state index is 4.72. The van der Waals surface area contributed by atoms with Gasteiger partial charge in [-0.15, -0.1) is 23.3 Å². The summed E-state index contributed by atoms with van der Waals surface area (Å²) in [5.41, 5.74) is 0. The van der Waals surface area contributed by atoms with E-state index in [0.29, 0.717) is 0 Å². The number of thiol groups is 2. The van der Waals surface area contributed by atoms with Gasteiger partial charge in [-0.2, -0.15) is 0 Å². The van der Waals surface area contributed by atoms with Gasteiger partial charge in [0, 0.05) is 6.92 Å². The second kappa shape index (κ2) is 5.12. The molecule has 1 aromatic heterocycles. The first-order chi connectivity index (χ1) is 3.89. The van der Waals surface area contributed by atoms with Crippen molar-refractivity contribution < 1.29 is 4.42 Å². The minimum atomic E-state index is 0.718. The van der Waals surface area contributed by atoms with E-state index in [-0.39, 0.29) is 0 Å². The Morgan fingerprint density at radius 2 is 2.12 bits per heavy atom. The molecule has 1 heterocycles. The first kappa shape index (κ1) is 7.98. The van der Waals surface area contributed by atoms with Crippen LogP contribution in [0.1, 0.15) is 5.76 Å². The van der Waals surface area contributed by atoms with Gasteiger partial charge < -0.3 is 4.42 Å². The van der Waals surface area contributed by atoms with Crippen LogP contribution in [-0.4, -0.2) is 0 Å². The van der Waals surface area contributed by atoms with Crippen LogP contribution in [-0.2, 0) is 0 Å². The second-order valence-electron chi connectivity index (χ2n) is 1.08. The summed E-state index contributed by atoms with van der Waals surface area (Å²) in [7, 11) is 0. The van der Waals surface area contributed by atoms with Gasteiger partial charge in [-0.25, -0.2) is 0 Å². The lowest BCUT2D eigenvalue weighted by Crippen LogP contribution is -1.48. The molecule has 0 aliphatic carbocycles. The summed E-state index contributed by atoms with van der Waals surface area (Å²) in [4.78, 5) is 0. The Balaban J connectivity index is 0.000000222. The molecule has 0 saturated heterocycles. The summed E-state index contributed by atoms with van der Waals surface area (Å²) in [6.45, 7) is 3.51. The third-order valence-corrected chi connectivity index (χ3v) is 0.580. The standard InChI is InChI=1S/C5H5O.H2S2/c1-5-3-2-4-6-5;1-2/h2-4H,1H2;1-2H. The molecule has 0 amide bonds. The first-order valence-electron chi connectivity index (χ1n) is 1.95. The smallest absolute Gasteiger partial charge is 0.104 e. The molecule has 0 atom stereocenters. The van der Waals surface area contributed by atoms with Gasteiger partial charge in [-0.3, -0.25) is 0 Å². The van der Waals surface area contributed by atoms with E-state index >= 15 is 0 Å². The van der Waals surface area contributed by atoms with Crippen LogP contribution >= 0.6 is 23.3 Å². The highest BCUT2D eigenvalue weighted by Gasteiger charge is 1.76. The van der Waals surface area contributed by atoms with Gasteiger partial charge in [-0.05, 0) is 12.1 Å². The summed E-state index contributed by atoms with van der Waals surface area (Å²) in [5.74, 6) is 0.718. The molecule has 0 bridgehead atoms. The van der Waals surface area contributed by atoms with Crippen LogP contribution in [0.3, 0.4) is 0 Å². The Hall–Kier alpha value is -0.0200. The zero-order valence-corrected chi connectivity index (χ0v) is 6.03. The van der Waals surface area contributed by atoms with E-state index in [4.69, 9.17) is 4.42 Å². The minimum absolute atomic E-state index is 0.718. The monoisotopic (exact) mass is 147 g/mol. The highest BCUT2D eigenvalue weighted by atomic mass is 33.1. The van der Waals surface area contributed by atoms with E-state index in [2.05, 4.69) is 30.2 Å². The SMILES string of the molecule is SS.[CH2]c1ccco1. The summed E-state index contributed by atoms with van der Waals surface area (Å²) < 4.78 is 4.72. The van der Waals surface area contributed by atoms with E-state index in [1.54, 1.807) is 12.3 Å². The van der Waals surface area contributed by atoms with E-state index in [9.17, 15) is 0 Å². The van der Waals surface area contributed by atoms with Gasteiger partial charge in [0.15, 0.2) is 0 Å². The Morgan fingerprint density at radius 3 is 2.25 bits per heavy atom. The van der Waals surface area contributed by atoms with Crippen molar-refractivity contribution in [1.82, 2.24) is 0 Å². The molecule has 0 aliphatic heterocycles. The normalized spacial score (nSPS) is 7.38. The van der Waals surface area contributed by atoms with Crippen molar-refractivity contribution in [3.05, 3.63) is 31.1 Å². The highest BCUT2D eigenvalue weighted by molar-refractivity contribution is 8.59. The molecule has 0 spiro atoms. The van der Waals surface area contributed by atoms with Crippen molar-refractivity contribution in [2.45, 2.75) is 0 Å². The fourth-order valence-corrected chi connectivity index (χ4v) is 0.313. The van der Waals surface area contributed by atoms with Crippen LogP contribution in [0.15, 0.2) is 22.8 Å². The average molecular weight is 147 g/mol. The maximum Gasteiger partial charge on any atom is 0.104 e. The van der Waals surface area contributed by atoms with Crippen LogP contribution in [0.25, 0.3) is 0 Å². The lowest BCUT2D eigenvalue weighted by Gasteiger charge is -1.68. The lowest BCUT2D eigenvalue weighted by atomic mass is 10.5. The quantitative estimate of drug-likeness (QED) is 0.424. The van der Waals surface area contributed by atoms with Crippen molar-refractivity contribution in [1.29, 1.82) is 0 Å². The molecule has 0 aliphatic rings. The fourth-order valence-electron chi connectivity index (χ4n) is 0.313. The highest BCUT2D eigenvalue weighted by Crippen LogP contribution is 1.93. The van der Waals surface area contributed by atoms with Crippen molar-refractivity contribution >= 4 is 23.3 Å². The van der Waals surface area contributed by atoms with E-state index in [1.807, 2.05) is 6.07 Å². The van der Waals surface area contributed by atoms with Crippen molar-refractivity contribution in [3.8, 4) is 0 Å². The topological polar surface area (TPSA) is 13.1 Å². The zero-order chi connectivity index (χ0) is 6.41. The molecule has 0 saturated carbocycles. The first-order valence-corrected chi connectivity index (χ1v) is 3.55. The van der Waals surface area contributed by atoms with Gasteiger partial charge in [0.1, 0.15) is 5.76 Å². The predicted molar refractivity (Wildman–Crippen MR) is 41.1 cm³/mol. The van der Waals surface area contributed by atoms with E-state index in [1.165, 1.54) is 0 Å². The van der Waals surface area contributed by atoms with Gasteiger partial charge in [0.25, 0.3) is 0 Å². The summed E-state index contributed by atoms with van der Waals surface area (Å²) >= 11 is 6.44. The molecule has 3 heteroatoms. The number of furan rings is 1. The van der Waals surface area contributed by atoms with Gasteiger partial charge in [0.05, 0.1) is 6.26 Å².